The minimum atomic E-state index is -4.26. The number of phenols is 1. The lowest BCUT2D eigenvalue weighted by molar-refractivity contribution is 0.0949. The lowest BCUT2D eigenvalue weighted by Crippen LogP contribution is -2.36. The molecule has 0 unspecified atom stereocenters. The van der Waals surface area contributed by atoms with Crippen molar-refractivity contribution in [3.05, 3.63) is 65.3 Å². The number of rotatable bonds is 10. The zero-order chi connectivity index (χ0) is 29.9. The van der Waals surface area contributed by atoms with Crippen LogP contribution in [0, 0.1) is 6.92 Å². The first-order chi connectivity index (χ1) is 19.3. The summed E-state index contributed by atoms with van der Waals surface area (Å²) in [6.45, 7) is 3.22. The highest BCUT2D eigenvalue weighted by Crippen LogP contribution is 2.37. The quantitative estimate of drug-likeness (QED) is 0.264. The van der Waals surface area contributed by atoms with E-state index in [2.05, 4.69) is 41.3 Å². The number of benzene rings is 1. The Morgan fingerprint density at radius 2 is 1.85 bits per heavy atom. The Morgan fingerprint density at radius 3 is 2.49 bits per heavy atom. The summed E-state index contributed by atoms with van der Waals surface area (Å²) in [5, 5.41) is 15.7. The monoisotopic (exact) mass is 569 g/mol. The number of nitrogens with zero attached hydrogens (tertiary/aromatic N) is 6. The maximum atomic E-state index is 13.6. The van der Waals surface area contributed by atoms with E-state index in [1.165, 1.54) is 43.9 Å². The molecule has 0 fully saturated rings. The van der Waals surface area contributed by atoms with E-state index in [9.17, 15) is 13.5 Å². The Morgan fingerprint density at radius 1 is 1.15 bits per heavy atom. The van der Waals surface area contributed by atoms with Crippen molar-refractivity contribution >= 4 is 51.1 Å². The average Bonchev–Trinajstić information content (AvgIpc) is 3.31. The number of aryl methyl sites for hydroxylation is 1. The van der Waals surface area contributed by atoms with E-state index in [1.54, 1.807) is 25.4 Å². The number of sulfonamides is 1. The molecule has 0 saturated heterocycles. The number of hydrogen-bond donors (Lipinski definition) is 2. The van der Waals surface area contributed by atoms with E-state index < -0.39 is 26.7 Å². The maximum absolute atomic E-state index is 13.6. The molecule has 0 spiro atoms. The largest absolute Gasteiger partial charge is 0.506 e. The summed E-state index contributed by atoms with van der Waals surface area (Å²) in [5.74, 6) is -0.506. The number of anilines is 1. The van der Waals surface area contributed by atoms with Crippen LogP contribution < -0.4 is 9.46 Å². The van der Waals surface area contributed by atoms with Crippen LogP contribution in [0.1, 0.15) is 30.2 Å². The van der Waals surface area contributed by atoms with Crippen LogP contribution in [0.15, 0.2) is 53.1 Å². The number of methoxy groups -OCH3 is 2. The second-order valence-electron chi connectivity index (χ2n) is 8.81. The number of para-hydroxylation sites is 1. The number of phenolic OH excluding ortho intramolecular Hbond substituents is 1. The fourth-order valence-corrected chi connectivity index (χ4v) is 4.86. The van der Waals surface area contributed by atoms with Crippen LogP contribution in [0.5, 0.6) is 11.5 Å². The van der Waals surface area contributed by atoms with Crippen molar-refractivity contribution in [3.63, 3.8) is 0 Å². The topological polar surface area (TPSA) is 163 Å². The molecule has 3 heterocycles. The van der Waals surface area contributed by atoms with Gasteiger partial charge in [0.1, 0.15) is 52.1 Å². The van der Waals surface area contributed by atoms with Gasteiger partial charge in [-0.1, -0.05) is 11.8 Å². The van der Waals surface area contributed by atoms with Crippen molar-refractivity contribution in [1.29, 1.82) is 0 Å². The highest BCUT2D eigenvalue weighted by Gasteiger charge is 2.35. The van der Waals surface area contributed by atoms with E-state index in [0.29, 0.717) is 0 Å². The third kappa shape index (κ3) is 6.55. The van der Waals surface area contributed by atoms with Crippen LogP contribution in [-0.4, -0.2) is 92.5 Å². The van der Waals surface area contributed by atoms with Crippen LogP contribution in [-0.2, 0) is 19.5 Å². The number of hydrogen-bond acceptors (Lipinski definition) is 11. The van der Waals surface area contributed by atoms with Crippen LogP contribution >= 0.6 is 0 Å². The minimum Gasteiger partial charge on any atom is -0.506 e. The van der Waals surface area contributed by atoms with Gasteiger partial charge in [0, 0.05) is 19.5 Å². The van der Waals surface area contributed by atoms with Gasteiger partial charge in [-0.2, -0.15) is 0 Å². The van der Waals surface area contributed by atoms with E-state index in [1.807, 2.05) is 0 Å². The van der Waals surface area contributed by atoms with Gasteiger partial charge in [0.2, 0.25) is 21.9 Å². The SMILES string of the molecule is [B]C([B])([B])OC1=NC(c2nnc(NS(=O)(=O)[C@@H](C)[C@H](OC)c3ncc(C)cn3)n2-c2c(O)cccc2OC)=C=C=C1. The molecule has 0 amide bonds. The Bertz CT molecular complexity index is 1690. The molecule has 1 aliphatic rings. The lowest BCUT2D eigenvalue weighted by Gasteiger charge is -2.23. The number of nitrogens with one attached hydrogen (secondary N) is 1. The van der Waals surface area contributed by atoms with Gasteiger partial charge in [-0.25, -0.2) is 23.4 Å². The van der Waals surface area contributed by atoms with E-state index in [-0.39, 0.29) is 46.4 Å². The lowest BCUT2D eigenvalue weighted by atomic mass is 9.52. The van der Waals surface area contributed by atoms with Crippen LogP contribution in [0.25, 0.3) is 11.4 Å². The van der Waals surface area contributed by atoms with Gasteiger partial charge in [-0.05, 0) is 42.6 Å². The molecule has 6 radical (unpaired) electrons. The average molecular weight is 569 g/mol. The molecule has 1 aromatic carbocycles. The molecule has 4 rings (SSSR count). The smallest absolute Gasteiger partial charge is 0.243 e. The first-order valence-corrected chi connectivity index (χ1v) is 13.4. The number of ether oxygens (including phenoxy) is 3. The van der Waals surface area contributed by atoms with E-state index in [4.69, 9.17) is 37.7 Å². The third-order valence-corrected chi connectivity index (χ3v) is 7.34. The summed E-state index contributed by atoms with van der Waals surface area (Å²) in [5.41, 5.74) is 6.16. The molecule has 2 atom stereocenters. The Hall–Kier alpha value is -4.29. The van der Waals surface area contributed by atoms with Gasteiger partial charge >= 0.3 is 0 Å². The number of aliphatic imine (C=N–C) groups is 1. The molecule has 204 valence electrons. The van der Waals surface area contributed by atoms with Crippen molar-refractivity contribution < 1.29 is 27.7 Å². The molecule has 0 aliphatic carbocycles. The predicted octanol–water partition coefficient (Wildman–Crippen LogP) is 0.794. The first-order valence-electron chi connectivity index (χ1n) is 11.9. The van der Waals surface area contributed by atoms with Gasteiger partial charge in [-0.15, -0.1) is 10.2 Å². The Balaban J connectivity index is 1.82. The molecular formula is C24H22B3N7O6S. The normalized spacial score (nSPS) is 14.6. The highest BCUT2D eigenvalue weighted by molar-refractivity contribution is 7.93. The molecule has 13 nitrogen and oxygen atoms in total. The fourth-order valence-electron chi connectivity index (χ4n) is 3.73. The van der Waals surface area contributed by atoms with E-state index in [0.717, 1.165) is 5.56 Å². The third-order valence-electron chi connectivity index (χ3n) is 5.64. The summed E-state index contributed by atoms with van der Waals surface area (Å²) in [7, 11) is 15.0. The van der Waals surface area contributed by atoms with Crippen LogP contribution in [0.4, 0.5) is 5.95 Å². The maximum Gasteiger partial charge on any atom is 0.243 e. The van der Waals surface area contributed by atoms with Gasteiger partial charge < -0.3 is 19.3 Å². The zero-order valence-corrected chi connectivity index (χ0v) is 23.2. The molecule has 2 N–H and O–H groups in total. The predicted molar refractivity (Wildman–Crippen MR) is 152 cm³/mol. The van der Waals surface area contributed by atoms with Gasteiger partial charge in [-0.3, -0.25) is 9.29 Å². The molecule has 17 heteroatoms. The van der Waals surface area contributed by atoms with E-state index >= 15 is 0 Å². The molecule has 41 heavy (non-hydrogen) atoms. The van der Waals surface area contributed by atoms with Gasteiger partial charge in [0.15, 0.2) is 17.3 Å². The highest BCUT2D eigenvalue weighted by atomic mass is 32.2. The van der Waals surface area contributed by atoms with Crippen molar-refractivity contribution in [2.75, 3.05) is 18.9 Å². The van der Waals surface area contributed by atoms with Crippen molar-refractivity contribution in [1.82, 2.24) is 24.7 Å². The second-order valence-corrected chi connectivity index (χ2v) is 10.8. The van der Waals surface area contributed by atoms with Crippen LogP contribution in [0.2, 0.25) is 0 Å². The van der Waals surface area contributed by atoms with Gasteiger partial charge in [0.05, 0.1) is 13.2 Å². The van der Waals surface area contributed by atoms with Crippen molar-refractivity contribution in [2.45, 2.75) is 30.5 Å². The van der Waals surface area contributed by atoms with Crippen molar-refractivity contribution in [3.8, 4) is 17.2 Å². The number of aromatic nitrogens is 5. The van der Waals surface area contributed by atoms with Crippen LogP contribution in [0.3, 0.4) is 0 Å². The molecule has 0 saturated carbocycles. The summed E-state index contributed by atoms with van der Waals surface area (Å²) < 4.78 is 46.9. The minimum absolute atomic E-state index is 0.00199. The molecule has 3 aromatic rings. The van der Waals surface area contributed by atoms with Crippen molar-refractivity contribution in [2.24, 2.45) is 4.99 Å². The van der Waals surface area contributed by atoms with Gasteiger partial charge in [0.25, 0.3) is 0 Å². The zero-order valence-electron chi connectivity index (χ0n) is 22.4. The fraction of sp³-hybridized carbons (Fsp3) is 0.292. The number of aromatic hydroxyl groups is 1. The first kappa shape index (κ1) is 29.7. The summed E-state index contributed by atoms with van der Waals surface area (Å²) in [4.78, 5) is 12.6. The molecule has 2 aromatic heterocycles. The Labute approximate surface area is 240 Å². The summed E-state index contributed by atoms with van der Waals surface area (Å²) >= 11 is 0. The Kier molecular flexibility index (Phi) is 8.46. The molecule has 0 bridgehead atoms. The second kappa shape index (κ2) is 11.7. The molecule has 1 aliphatic heterocycles. The summed E-state index contributed by atoms with van der Waals surface area (Å²) in [6.07, 6.45) is 3.34. The standard InChI is InChI=1S/C24H22B3N7O6S/c1-13-11-28-21(29-12-13)20(39-4)14(2)41(36,37)33-23-32-31-22(15-7-5-10-18(30-15)40-24(25,26)27)34(23)19-16(35)8-6-9-17(19)38-3/h6,8-12,14,20,35H,1-4H3,(H,32,33)/t14-,20-/m0/s1. The molecular weight excluding hydrogens is 547 g/mol. The summed E-state index contributed by atoms with van der Waals surface area (Å²) in [6, 6.07) is 4.45.